The van der Waals surface area contributed by atoms with Crippen molar-refractivity contribution in [2.45, 2.75) is 57.7 Å². The maximum absolute atomic E-state index is 11.7. The zero-order valence-corrected chi connectivity index (χ0v) is 13.7. The van der Waals surface area contributed by atoms with Gasteiger partial charge in [-0.1, -0.05) is 0 Å². The number of carbonyl (C=O) groups is 3. The number of hydrogen-bond acceptors (Lipinski definition) is 8. The lowest BCUT2D eigenvalue weighted by Crippen LogP contribution is -2.30. The van der Waals surface area contributed by atoms with E-state index in [-0.39, 0.29) is 6.42 Å². The molecule has 0 bridgehead atoms. The quantitative estimate of drug-likeness (QED) is 0.467. The van der Waals surface area contributed by atoms with Gasteiger partial charge in [-0.15, -0.1) is 0 Å². The molecule has 8 nitrogen and oxygen atoms in total. The Hall–Kier alpha value is -2.19. The Bertz CT molecular complexity index is 524. The third kappa shape index (κ3) is 6.93. The lowest BCUT2D eigenvalue weighted by Gasteiger charge is -2.19. The van der Waals surface area contributed by atoms with E-state index >= 15 is 0 Å². The van der Waals surface area contributed by atoms with Crippen molar-refractivity contribution in [1.29, 1.82) is 0 Å². The topological polar surface area (TPSA) is 119 Å². The number of ether oxygens (including phenoxy) is 3. The number of aliphatic hydroxyl groups excluding tert-OH is 2. The molecule has 0 radical (unpaired) electrons. The van der Waals surface area contributed by atoms with E-state index in [0.717, 1.165) is 24.3 Å². The molecule has 0 saturated carbocycles. The van der Waals surface area contributed by atoms with E-state index in [1.165, 1.54) is 20.8 Å². The molecule has 8 heteroatoms. The van der Waals surface area contributed by atoms with Gasteiger partial charge in [-0.2, -0.15) is 0 Å². The number of hydrogen-bond donors (Lipinski definition) is 2. The van der Waals surface area contributed by atoms with Crippen LogP contribution in [0.25, 0.3) is 0 Å². The molecule has 2 N–H and O–H groups in total. The lowest BCUT2D eigenvalue weighted by atomic mass is 10.2. The molecule has 1 aliphatic heterocycles. The molecule has 0 aromatic heterocycles. The summed E-state index contributed by atoms with van der Waals surface area (Å²) in [7, 11) is 0. The highest BCUT2D eigenvalue weighted by molar-refractivity contribution is 5.83. The summed E-state index contributed by atoms with van der Waals surface area (Å²) in [5, 5.41) is 19.6. The first-order valence-electron chi connectivity index (χ1n) is 7.52. The third-order valence-electron chi connectivity index (χ3n) is 3.21. The van der Waals surface area contributed by atoms with Crippen LogP contribution in [0.3, 0.4) is 0 Å². The van der Waals surface area contributed by atoms with Crippen LogP contribution in [0.4, 0.5) is 0 Å². The Morgan fingerprint density at radius 1 is 0.833 bits per heavy atom. The molecule has 5 atom stereocenters. The first-order valence-corrected chi connectivity index (χ1v) is 7.52. The van der Waals surface area contributed by atoms with Gasteiger partial charge < -0.3 is 24.4 Å². The molecule has 0 aliphatic carbocycles. The molecule has 134 valence electrons. The van der Waals surface area contributed by atoms with Crippen LogP contribution < -0.4 is 0 Å². The lowest BCUT2D eigenvalue weighted by molar-refractivity contribution is -0.157. The maximum Gasteiger partial charge on any atom is 0.330 e. The van der Waals surface area contributed by atoms with E-state index in [1.807, 2.05) is 0 Å². The second-order valence-electron chi connectivity index (χ2n) is 5.49. The van der Waals surface area contributed by atoms with Crippen molar-refractivity contribution < 1.29 is 38.8 Å². The molecule has 0 spiro atoms. The van der Waals surface area contributed by atoms with Crippen LogP contribution in [0.2, 0.25) is 0 Å². The zero-order valence-electron chi connectivity index (χ0n) is 13.7. The van der Waals surface area contributed by atoms with E-state index in [9.17, 15) is 24.6 Å². The Morgan fingerprint density at radius 3 is 1.83 bits per heavy atom. The molecule has 0 amide bonds. The predicted molar refractivity (Wildman–Crippen MR) is 81.6 cm³/mol. The van der Waals surface area contributed by atoms with Crippen molar-refractivity contribution in [3.05, 3.63) is 24.3 Å². The highest BCUT2D eigenvalue weighted by atomic mass is 16.6. The fourth-order valence-electron chi connectivity index (χ4n) is 1.80. The molecule has 0 unspecified atom stereocenters. The van der Waals surface area contributed by atoms with E-state index in [2.05, 4.69) is 0 Å². The molecule has 0 saturated heterocycles. The smallest absolute Gasteiger partial charge is 0.330 e. The fourth-order valence-corrected chi connectivity index (χ4v) is 1.80. The summed E-state index contributed by atoms with van der Waals surface area (Å²) in [4.78, 5) is 34.9. The van der Waals surface area contributed by atoms with Crippen LogP contribution >= 0.6 is 0 Å². The average molecular weight is 342 g/mol. The second-order valence-corrected chi connectivity index (χ2v) is 5.49. The fraction of sp³-hybridized carbons (Fsp3) is 0.562. The molecule has 24 heavy (non-hydrogen) atoms. The number of esters is 3. The SMILES string of the molecule is C[C@@H]1OC(=O)C[C@H](C)OC(=O)/C=C/[C@H](O)[C@@H](C)OC(=O)/C=C/[C@H]1O. The van der Waals surface area contributed by atoms with Gasteiger partial charge in [-0.25, -0.2) is 9.59 Å². The van der Waals surface area contributed by atoms with Crippen molar-refractivity contribution >= 4 is 17.9 Å². The van der Waals surface area contributed by atoms with Crippen molar-refractivity contribution in [3.8, 4) is 0 Å². The summed E-state index contributed by atoms with van der Waals surface area (Å²) in [6, 6.07) is 0. The number of rotatable bonds is 0. The number of carbonyl (C=O) groups excluding carboxylic acids is 3. The largest absolute Gasteiger partial charge is 0.459 e. The zero-order chi connectivity index (χ0) is 18.3. The number of cyclic esters (lactones) is 3. The van der Waals surface area contributed by atoms with Gasteiger partial charge in [0, 0.05) is 12.2 Å². The normalized spacial score (nSPS) is 36.2. The van der Waals surface area contributed by atoms with Crippen molar-refractivity contribution in [2.75, 3.05) is 0 Å². The average Bonchev–Trinajstić information content (AvgIpc) is 2.48. The first kappa shape index (κ1) is 19.9. The van der Waals surface area contributed by atoms with Crippen LogP contribution in [0.15, 0.2) is 24.3 Å². The van der Waals surface area contributed by atoms with Gasteiger partial charge in [0.15, 0.2) is 0 Å². The third-order valence-corrected chi connectivity index (χ3v) is 3.21. The van der Waals surface area contributed by atoms with Gasteiger partial charge in [-0.3, -0.25) is 4.79 Å². The van der Waals surface area contributed by atoms with E-state index in [0.29, 0.717) is 0 Å². The van der Waals surface area contributed by atoms with Crippen molar-refractivity contribution in [3.63, 3.8) is 0 Å². The van der Waals surface area contributed by atoms with E-state index in [1.54, 1.807) is 0 Å². The second kappa shape index (κ2) is 9.19. The van der Waals surface area contributed by atoms with Crippen molar-refractivity contribution in [1.82, 2.24) is 0 Å². The minimum atomic E-state index is -1.22. The minimum absolute atomic E-state index is 0.193. The van der Waals surface area contributed by atoms with Gasteiger partial charge in [0.25, 0.3) is 0 Å². The standard InChI is InChI=1S/C16H22O8/c1-9-8-16(21)24-11(3)13(18)5-7-15(20)23-10(2)12(17)4-6-14(19)22-9/h4-7,9-13,17-18H,8H2,1-3H3/b6-4+,7-5+/t9-,10+,11-,12-,13+/m0/s1. The van der Waals surface area contributed by atoms with Gasteiger partial charge in [-0.05, 0) is 32.9 Å². The maximum atomic E-state index is 11.7. The molecule has 0 aromatic carbocycles. The minimum Gasteiger partial charge on any atom is -0.459 e. The van der Waals surface area contributed by atoms with Crippen LogP contribution in [0, 0.1) is 0 Å². The highest BCUT2D eigenvalue weighted by Gasteiger charge is 2.21. The van der Waals surface area contributed by atoms with Crippen LogP contribution in [-0.4, -0.2) is 58.6 Å². The molecule has 0 fully saturated rings. The van der Waals surface area contributed by atoms with Crippen LogP contribution in [-0.2, 0) is 28.6 Å². The van der Waals surface area contributed by atoms with Gasteiger partial charge in [0.1, 0.15) is 30.5 Å². The summed E-state index contributed by atoms with van der Waals surface area (Å²) in [5.74, 6) is -2.22. The molecule has 0 aromatic rings. The predicted octanol–water partition coefficient (Wildman–Crippen LogP) is 0.0194. The Morgan fingerprint density at radius 2 is 1.29 bits per heavy atom. The summed E-state index contributed by atoms with van der Waals surface area (Å²) in [6.07, 6.45) is -0.961. The Balaban J connectivity index is 2.91. The van der Waals surface area contributed by atoms with Gasteiger partial charge in [0.05, 0.1) is 6.42 Å². The Kier molecular flexibility index (Phi) is 7.60. The molecule has 1 heterocycles. The summed E-state index contributed by atoms with van der Waals surface area (Å²) < 4.78 is 14.9. The summed E-state index contributed by atoms with van der Waals surface area (Å²) >= 11 is 0. The number of aliphatic hydroxyl groups is 2. The highest BCUT2D eigenvalue weighted by Crippen LogP contribution is 2.08. The first-order chi connectivity index (χ1) is 11.2. The summed E-state index contributed by atoms with van der Waals surface area (Å²) in [6.45, 7) is 4.41. The van der Waals surface area contributed by atoms with E-state index < -0.39 is 48.4 Å². The van der Waals surface area contributed by atoms with Gasteiger partial charge in [0.2, 0.25) is 0 Å². The molecule has 1 rings (SSSR count). The van der Waals surface area contributed by atoms with Crippen molar-refractivity contribution in [2.24, 2.45) is 0 Å². The van der Waals surface area contributed by atoms with Crippen LogP contribution in [0.1, 0.15) is 27.2 Å². The molecule has 1 aliphatic rings. The monoisotopic (exact) mass is 342 g/mol. The van der Waals surface area contributed by atoms with Crippen LogP contribution in [0.5, 0.6) is 0 Å². The van der Waals surface area contributed by atoms with Gasteiger partial charge >= 0.3 is 17.9 Å². The molecular weight excluding hydrogens is 320 g/mol. The van der Waals surface area contributed by atoms with E-state index in [4.69, 9.17) is 14.2 Å². The molecular formula is C16H22O8. The Labute approximate surface area is 139 Å². The summed E-state index contributed by atoms with van der Waals surface area (Å²) in [5.41, 5.74) is 0.